The molecule has 5 rings (SSSR count). The molecular formula is C23H26N2O6S. The molecule has 1 amide bonds. The number of sulfonamides is 1. The number of ether oxygens (including phenoxy) is 3. The van der Waals surface area contributed by atoms with Crippen molar-refractivity contribution < 1.29 is 27.4 Å². The summed E-state index contributed by atoms with van der Waals surface area (Å²) >= 11 is 0. The van der Waals surface area contributed by atoms with Gasteiger partial charge in [-0.1, -0.05) is 6.07 Å². The van der Waals surface area contributed by atoms with Crippen molar-refractivity contribution in [3.05, 3.63) is 47.5 Å². The van der Waals surface area contributed by atoms with Crippen molar-refractivity contribution >= 4 is 15.9 Å². The third-order valence-electron chi connectivity index (χ3n) is 6.18. The minimum absolute atomic E-state index is 0.0479. The van der Waals surface area contributed by atoms with Crippen LogP contribution in [0.2, 0.25) is 0 Å². The van der Waals surface area contributed by atoms with E-state index in [0.29, 0.717) is 43.6 Å². The van der Waals surface area contributed by atoms with Gasteiger partial charge in [-0.05, 0) is 54.7 Å². The standard InChI is InChI=1S/C23H26N2O6S/c26-23(16-31-19-5-4-17-2-1-3-18(17)14-19)24-8-10-25(11-9-24)32(27,28)20-6-7-21-22(15-20)30-13-12-29-21/h4-7,14-15H,1-3,8-13,16H2. The van der Waals surface area contributed by atoms with E-state index in [1.807, 2.05) is 12.1 Å². The zero-order chi connectivity index (χ0) is 22.1. The smallest absolute Gasteiger partial charge is 0.260 e. The van der Waals surface area contributed by atoms with Crippen molar-refractivity contribution in [1.29, 1.82) is 0 Å². The Labute approximate surface area is 187 Å². The van der Waals surface area contributed by atoms with Crippen LogP contribution in [0.15, 0.2) is 41.3 Å². The molecule has 1 saturated heterocycles. The summed E-state index contributed by atoms with van der Waals surface area (Å²) in [7, 11) is -3.68. The molecule has 0 bridgehead atoms. The first-order valence-electron chi connectivity index (χ1n) is 10.9. The molecule has 0 spiro atoms. The van der Waals surface area contributed by atoms with Crippen LogP contribution in [0.4, 0.5) is 0 Å². The molecular weight excluding hydrogens is 432 g/mol. The van der Waals surface area contributed by atoms with Crippen LogP contribution in [0.25, 0.3) is 0 Å². The third-order valence-corrected chi connectivity index (χ3v) is 8.07. The van der Waals surface area contributed by atoms with Crippen LogP contribution in [0.5, 0.6) is 17.2 Å². The fraction of sp³-hybridized carbons (Fsp3) is 0.435. The summed E-state index contributed by atoms with van der Waals surface area (Å²) in [6.07, 6.45) is 3.32. The molecule has 2 aliphatic heterocycles. The van der Waals surface area contributed by atoms with Crippen LogP contribution >= 0.6 is 0 Å². The number of carbonyl (C=O) groups excluding carboxylic acids is 1. The first-order valence-corrected chi connectivity index (χ1v) is 12.4. The second-order valence-corrected chi connectivity index (χ2v) is 10.1. The maximum Gasteiger partial charge on any atom is 0.260 e. The number of aryl methyl sites for hydroxylation is 2. The lowest BCUT2D eigenvalue weighted by Gasteiger charge is -2.34. The number of hydrogen-bond donors (Lipinski definition) is 0. The quantitative estimate of drug-likeness (QED) is 0.680. The van der Waals surface area contributed by atoms with Gasteiger partial charge >= 0.3 is 0 Å². The Morgan fingerprint density at radius 2 is 1.66 bits per heavy atom. The number of nitrogens with zero attached hydrogens (tertiary/aromatic N) is 2. The minimum Gasteiger partial charge on any atom is -0.486 e. The maximum absolute atomic E-state index is 13.1. The maximum atomic E-state index is 13.1. The van der Waals surface area contributed by atoms with Gasteiger partial charge in [-0.3, -0.25) is 4.79 Å². The SMILES string of the molecule is O=C(COc1ccc2c(c1)CCC2)N1CCN(S(=O)(=O)c2ccc3c(c2)OCCO3)CC1. The molecule has 1 fully saturated rings. The Morgan fingerprint density at radius 1 is 0.906 bits per heavy atom. The van der Waals surface area contributed by atoms with E-state index in [0.717, 1.165) is 19.3 Å². The highest BCUT2D eigenvalue weighted by atomic mass is 32.2. The van der Waals surface area contributed by atoms with Crippen LogP contribution < -0.4 is 14.2 Å². The molecule has 2 heterocycles. The van der Waals surface area contributed by atoms with Gasteiger partial charge in [-0.15, -0.1) is 0 Å². The molecule has 2 aromatic carbocycles. The number of piperazine rings is 1. The highest BCUT2D eigenvalue weighted by Crippen LogP contribution is 2.33. The van der Waals surface area contributed by atoms with Crippen molar-refractivity contribution in [1.82, 2.24) is 9.21 Å². The molecule has 0 unspecified atom stereocenters. The van der Waals surface area contributed by atoms with Gasteiger partial charge in [0.25, 0.3) is 5.91 Å². The zero-order valence-corrected chi connectivity index (χ0v) is 18.6. The summed E-state index contributed by atoms with van der Waals surface area (Å²) in [5.74, 6) is 1.56. The second kappa shape index (κ2) is 8.63. The van der Waals surface area contributed by atoms with Crippen LogP contribution in [0.1, 0.15) is 17.5 Å². The third kappa shape index (κ3) is 4.14. The van der Waals surface area contributed by atoms with Crippen LogP contribution in [-0.2, 0) is 27.7 Å². The van der Waals surface area contributed by atoms with Gasteiger partial charge in [0.1, 0.15) is 19.0 Å². The average molecular weight is 459 g/mol. The van der Waals surface area contributed by atoms with Crippen molar-refractivity contribution in [3.63, 3.8) is 0 Å². The predicted molar refractivity (Wildman–Crippen MR) is 117 cm³/mol. The lowest BCUT2D eigenvalue weighted by Crippen LogP contribution is -2.51. The van der Waals surface area contributed by atoms with Gasteiger partial charge in [0.15, 0.2) is 18.1 Å². The molecule has 8 nitrogen and oxygen atoms in total. The molecule has 1 aliphatic carbocycles. The molecule has 9 heteroatoms. The lowest BCUT2D eigenvalue weighted by molar-refractivity contribution is -0.134. The highest BCUT2D eigenvalue weighted by Gasteiger charge is 2.31. The first-order chi connectivity index (χ1) is 15.5. The van der Waals surface area contributed by atoms with Crippen molar-refractivity contribution in [2.24, 2.45) is 0 Å². The highest BCUT2D eigenvalue weighted by molar-refractivity contribution is 7.89. The van der Waals surface area contributed by atoms with Gasteiger partial charge in [0, 0.05) is 32.2 Å². The first kappa shape index (κ1) is 21.1. The van der Waals surface area contributed by atoms with Crippen molar-refractivity contribution in [2.45, 2.75) is 24.2 Å². The molecule has 0 saturated carbocycles. The number of amides is 1. The molecule has 0 atom stereocenters. The zero-order valence-electron chi connectivity index (χ0n) is 17.8. The monoisotopic (exact) mass is 458 g/mol. The summed E-state index contributed by atoms with van der Waals surface area (Å²) in [5.41, 5.74) is 2.66. The van der Waals surface area contributed by atoms with Crippen LogP contribution in [0, 0.1) is 0 Å². The molecule has 0 aromatic heterocycles. The number of carbonyl (C=O) groups is 1. The average Bonchev–Trinajstić information content (AvgIpc) is 3.30. The number of fused-ring (bicyclic) bond motifs is 2. The fourth-order valence-electron chi connectivity index (χ4n) is 4.39. The van der Waals surface area contributed by atoms with E-state index in [1.165, 1.54) is 27.6 Å². The Hall–Kier alpha value is -2.78. The Morgan fingerprint density at radius 3 is 2.47 bits per heavy atom. The van der Waals surface area contributed by atoms with E-state index in [-0.39, 0.29) is 30.5 Å². The summed E-state index contributed by atoms with van der Waals surface area (Å²) in [5, 5.41) is 0. The summed E-state index contributed by atoms with van der Waals surface area (Å²) in [6.45, 7) is 1.93. The Kier molecular flexibility index (Phi) is 5.69. The lowest BCUT2D eigenvalue weighted by atomic mass is 10.1. The van der Waals surface area contributed by atoms with E-state index in [1.54, 1.807) is 11.0 Å². The van der Waals surface area contributed by atoms with Crippen LogP contribution in [0.3, 0.4) is 0 Å². The Bertz CT molecular complexity index is 1130. The summed E-state index contributed by atoms with van der Waals surface area (Å²) < 4.78 is 44.2. The molecule has 3 aliphatic rings. The van der Waals surface area contributed by atoms with Crippen molar-refractivity contribution in [2.75, 3.05) is 46.0 Å². The molecule has 32 heavy (non-hydrogen) atoms. The summed E-state index contributed by atoms with van der Waals surface area (Å²) in [6, 6.07) is 10.7. The van der Waals surface area contributed by atoms with E-state index in [9.17, 15) is 13.2 Å². The van der Waals surface area contributed by atoms with Crippen LogP contribution in [-0.4, -0.2) is 69.5 Å². The van der Waals surface area contributed by atoms with Crippen molar-refractivity contribution in [3.8, 4) is 17.2 Å². The topological polar surface area (TPSA) is 85.4 Å². The van der Waals surface area contributed by atoms with E-state index < -0.39 is 10.0 Å². The molecule has 170 valence electrons. The normalized spacial score (nSPS) is 18.3. The largest absolute Gasteiger partial charge is 0.486 e. The molecule has 2 aromatic rings. The van der Waals surface area contributed by atoms with Gasteiger partial charge in [-0.25, -0.2) is 8.42 Å². The van der Waals surface area contributed by atoms with Gasteiger partial charge in [0.05, 0.1) is 4.90 Å². The van der Waals surface area contributed by atoms with Gasteiger partial charge in [-0.2, -0.15) is 4.31 Å². The summed E-state index contributed by atoms with van der Waals surface area (Å²) in [4.78, 5) is 14.4. The molecule has 0 radical (unpaired) electrons. The van der Waals surface area contributed by atoms with Gasteiger partial charge in [0.2, 0.25) is 10.0 Å². The Balaban J connectivity index is 1.17. The second-order valence-electron chi connectivity index (χ2n) is 8.16. The van der Waals surface area contributed by atoms with E-state index >= 15 is 0 Å². The minimum atomic E-state index is -3.68. The fourth-order valence-corrected chi connectivity index (χ4v) is 5.82. The van der Waals surface area contributed by atoms with E-state index in [2.05, 4.69) is 6.07 Å². The van der Waals surface area contributed by atoms with E-state index in [4.69, 9.17) is 14.2 Å². The van der Waals surface area contributed by atoms with Gasteiger partial charge < -0.3 is 19.1 Å². The number of rotatable bonds is 5. The predicted octanol–water partition coefficient (Wildman–Crippen LogP) is 1.86. The number of hydrogen-bond acceptors (Lipinski definition) is 6. The molecule has 0 N–H and O–H groups in total. The number of benzene rings is 2.